The summed E-state index contributed by atoms with van der Waals surface area (Å²) in [5, 5.41) is 0. The largest absolute Gasteiger partial charge is 0.494 e. The van der Waals surface area contributed by atoms with E-state index in [9.17, 15) is 0 Å². The molecule has 1 N–H and O–H groups in total. The lowest BCUT2D eigenvalue weighted by atomic mass is 9.79. The third-order valence-corrected chi connectivity index (χ3v) is 6.18. The Morgan fingerprint density at radius 2 is 1.81 bits per heavy atom. The zero-order chi connectivity index (χ0) is 18.5. The van der Waals surface area contributed by atoms with Gasteiger partial charge in [0.05, 0.1) is 29.1 Å². The molecule has 5 nitrogen and oxygen atoms in total. The maximum atomic E-state index is 6.13. The van der Waals surface area contributed by atoms with Gasteiger partial charge in [0.1, 0.15) is 5.82 Å². The molecule has 0 radical (unpaired) electrons. The fourth-order valence-electron chi connectivity index (χ4n) is 3.71. The van der Waals surface area contributed by atoms with Crippen molar-refractivity contribution in [3.8, 4) is 11.3 Å². The number of rotatable bonds is 3. The van der Waals surface area contributed by atoms with E-state index >= 15 is 0 Å². The van der Waals surface area contributed by atoms with E-state index < -0.39 is 0 Å². The van der Waals surface area contributed by atoms with Crippen LogP contribution in [0.25, 0.3) is 11.3 Å². The Morgan fingerprint density at radius 1 is 1.15 bits per heavy atom. The molecule has 1 unspecified atom stereocenters. The number of hydrogen-bond acceptors (Lipinski definition) is 4. The molecule has 2 fully saturated rings. The second-order valence-electron chi connectivity index (χ2n) is 8.53. The highest BCUT2D eigenvalue weighted by molar-refractivity contribution is 6.62. The van der Waals surface area contributed by atoms with Gasteiger partial charge in [-0.2, -0.15) is 0 Å². The quantitative estimate of drug-likeness (QED) is 0.861. The normalized spacial score (nSPS) is 25.1. The van der Waals surface area contributed by atoms with Crippen LogP contribution in [0.5, 0.6) is 0 Å². The fourth-order valence-corrected chi connectivity index (χ4v) is 3.71. The van der Waals surface area contributed by atoms with Gasteiger partial charge in [-0.1, -0.05) is 24.3 Å². The van der Waals surface area contributed by atoms with Gasteiger partial charge in [-0.15, -0.1) is 0 Å². The molecule has 4 rings (SSSR count). The first-order valence-electron chi connectivity index (χ1n) is 9.48. The highest BCUT2D eigenvalue weighted by Gasteiger charge is 2.51. The number of benzene rings is 1. The molecule has 7 heteroatoms. The number of hydrogen-bond donors (Lipinski definition) is 1. The number of aromatic amines is 1. The topological polar surface area (TPSA) is 50.4 Å². The summed E-state index contributed by atoms with van der Waals surface area (Å²) in [6, 6.07) is 8.79. The summed E-state index contributed by atoms with van der Waals surface area (Å²) >= 11 is 0. The van der Waals surface area contributed by atoms with Crippen LogP contribution in [0.4, 0.5) is 0 Å². The molecule has 136 valence electrons. The highest BCUT2D eigenvalue weighted by atomic mass is 16.7. The zero-order valence-electron chi connectivity index (χ0n) is 16.4. The minimum atomic E-state index is -0.321. The average molecular weight is 351 g/mol. The molecule has 2 aromatic rings. The van der Waals surface area contributed by atoms with Gasteiger partial charge in [-0.05, 0) is 58.1 Å². The first-order valence-corrected chi connectivity index (χ1v) is 9.48. The Morgan fingerprint density at radius 3 is 2.38 bits per heavy atom. The predicted octanol–water partition coefficient (Wildman–Crippen LogP) is 2.06. The Balaban J connectivity index is 1.51. The van der Waals surface area contributed by atoms with Crippen LogP contribution in [-0.2, 0) is 9.31 Å². The summed E-state index contributed by atoms with van der Waals surface area (Å²) in [4.78, 5) is 10.5. The Hall–Kier alpha value is -1.56. The van der Waals surface area contributed by atoms with Gasteiger partial charge in [0, 0.05) is 0 Å². The van der Waals surface area contributed by atoms with Crippen LogP contribution in [0, 0.1) is 0 Å². The minimum absolute atomic E-state index is 0.318. The molecule has 0 spiro atoms. The lowest BCUT2D eigenvalue weighted by Gasteiger charge is -2.32. The van der Waals surface area contributed by atoms with Crippen molar-refractivity contribution in [1.29, 1.82) is 0 Å². The standard InChI is InChI=1S/C19H27B2N3O2/c1-18(2)19(3,4)26-21(25-18)14-9-7-13(8-10-14)15-12-22-17(23-15)16-6-5-11-24(16)20/h7-10,12,16H,5-6,11,20H2,1-4H3,(H,22,23). The van der Waals surface area contributed by atoms with E-state index in [0.29, 0.717) is 6.04 Å². The summed E-state index contributed by atoms with van der Waals surface area (Å²) in [5.74, 6) is 1.06. The van der Waals surface area contributed by atoms with Gasteiger partial charge in [0.2, 0.25) is 0 Å². The minimum Gasteiger partial charge on any atom is -0.399 e. The van der Waals surface area contributed by atoms with Crippen molar-refractivity contribution in [3.05, 3.63) is 36.3 Å². The predicted molar refractivity (Wildman–Crippen MR) is 107 cm³/mol. The van der Waals surface area contributed by atoms with Crippen LogP contribution in [0.2, 0.25) is 0 Å². The van der Waals surface area contributed by atoms with Gasteiger partial charge < -0.3 is 19.1 Å². The van der Waals surface area contributed by atoms with Gasteiger partial charge >= 0.3 is 7.12 Å². The summed E-state index contributed by atoms with van der Waals surface area (Å²) < 4.78 is 12.3. The second kappa shape index (κ2) is 6.25. The molecule has 2 aliphatic rings. The SMILES string of the molecule is BN1CCCC1c1ncc(-c2ccc(B3OC(C)(C)C(C)(C)O3)cc2)[nH]1. The van der Waals surface area contributed by atoms with Crippen LogP contribution in [-0.4, -0.2) is 47.6 Å². The lowest BCUT2D eigenvalue weighted by Crippen LogP contribution is -2.41. The van der Waals surface area contributed by atoms with Gasteiger partial charge in [0.25, 0.3) is 0 Å². The molecular formula is C19H27B2N3O2. The average Bonchev–Trinajstić information content (AvgIpc) is 3.26. The van der Waals surface area contributed by atoms with E-state index in [-0.39, 0.29) is 18.3 Å². The number of nitrogens with one attached hydrogen (secondary N) is 1. The van der Waals surface area contributed by atoms with Crippen LogP contribution >= 0.6 is 0 Å². The Kier molecular flexibility index (Phi) is 4.29. The molecule has 1 atom stereocenters. The van der Waals surface area contributed by atoms with Crippen molar-refractivity contribution in [3.63, 3.8) is 0 Å². The molecule has 0 aliphatic carbocycles. The zero-order valence-corrected chi connectivity index (χ0v) is 16.4. The summed E-state index contributed by atoms with van der Waals surface area (Å²) in [7, 11) is 1.85. The summed E-state index contributed by atoms with van der Waals surface area (Å²) in [6.07, 6.45) is 4.34. The molecule has 1 aromatic carbocycles. The maximum Gasteiger partial charge on any atom is 0.494 e. The summed E-state index contributed by atoms with van der Waals surface area (Å²) in [5.41, 5.74) is 2.59. The van der Waals surface area contributed by atoms with Crippen LogP contribution in [0.3, 0.4) is 0 Å². The third kappa shape index (κ3) is 3.02. The molecule has 2 saturated heterocycles. The fraction of sp³-hybridized carbons (Fsp3) is 0.526. The molecule has 3 heterocycles. The molecule has 0 saturated carbocycles. The van der Waals surface area contributed by atoms with Gasteiger partial charge in [-0.25, -0.2) is 4.98 Å². The smallest absolute Gasteiger partial charge is 0.399 e. The maximum absolute atomic E-state index is 6.13. The van der Waals surface area contributed by atoms with Crippen molar-refractivity contribution >= 4 is 20.6 Å². The van der Waals surface area contributed by atoms with Crippen molar-refractivity contribution in [2.75, 3.05) is 6.54 Å². The monoisotopic (exact) mass is 351 g/mol. The summed E-state index contributed by atoms with van der Waals surface area (Å²) in [6.45, 7) is 9.45. The van der Waals surface area contributed by atoms with Crippen molar-refractivity contribution in [2.45, 2.75) is 57.8 Å². The van der Waals surface area contributed by atoms with Crippen molar-refractivity contribution < 1.29 is 9.31 Å². The van der Waals surface area contributed by atoms with E-state index in [1.807, 2.05) is 6.20 Å². The molecule has 0 bridgehead atoms. The number of H-pyrrole nitrogens is 1. The van der Waals surface area contributed by atoms with E-state index in [1.165, 1.54) is 12.8 Å². The van der Waals surface area contributed by atoms with Gasteiger partial charge in [-0.3, -0.25) is 0 Å². The number of nitrogens with zero attached hydrogens (tertiary/aromatic N) is 2. The first kappa shape index (κ1) is 17.8. The molecule has 0 amide bonds. The van der Waals surface area contributed by atoms with E-state index in [0.717, 1.165) is 29.1 Å². The van der Waals surface area contributed by atoms with Gasteiger partial charge in [0.15, 0.2) is 7.98 Å². The van der Waals surface area contributed by atoms with Crippen LogP contribution in [0.1, 0.15) is 52.4 Å². The van der Waals surface area contributed by atoms with E-state index in [1.54, 1.807) is 0 Å². The highest BCUT2D eigenvalue weighted by Crippen LogP contribution is 2.36. The number of imidazole rings is 1. The number of aromatic nitrogens is 2. The lowest BCUT2D eigenvalue weighted by molar-refractivity contribution is 0.00578. The van der Waals surface area contributed by atoms with Crippen molar-refractivity contribution in [1.82, 2.24) is 14.8 Å². The molecule has 26 heavy (non-hydrogen) atoms. The first-order chi connectivity index (χ1) is 12.3. The molecule has 2 aliphatic heterocycles. The Labute approximate surface area is 157 Å². The second-order valence-corrected chi connectivity index (χ2v) is 8.53. The van der Waals surface area contributed by atoms with Crippen molar-refractivity contribution in [2.24, 2.45) is 0 Å². The molecular weight excluding hydrogens is 324 g/mol. The Bertz CT molecular complexity index is 772. The molecule has 1 aromatic heterocycles. The third-order valence-electron chi connectivity index (χ3n) is 6.18. The van der Waals surface area contributed by atoms with Crippen LogP contribution in [0.15, 0.2) is 30.5 Å². The van der Waals surface area contributed by atoms with E-state index in [2.05, 4.69) is 74.7 Å². The van der Waals surface area contributed by atoms with E-state index in [4.69, 9.17) is 9.31 Å². The van der Waals surface area contributed by atoms with Crippen LogP contribution < -0.4 is 5.46 Å².